The van der Waals surface area contributed by atoms with Gasteiger partial charge in [-0.2, -0.15) is 9.97 Å². The van der Waals surface area contributed by atoms with Crippen LogP contribution in [0, 0.1) is 11.6 Å². The molecule has 3 fully saturated rings. The Labute approximate surface area is 247 Å². The Bertz CT molecular complexity index is 1630. The number of hydrogen-bond donors (Lipinski definition) is 0. The quantitative estimate of drug-likeness (QED) is 0.290. The SMILES string of the molecule is C=C(F)C(=O)N1CCC2[C@H]1CN2c1nc(OC[C@@H]2C[C@@H](F)CN2C)nc2c(F)c(-c3cccc4c3CCCC4)c(F)cc12. The van der Waals surface area contributed by atoms with E-state index < -0.39 is 29.5 Å². The van der Waals surface area contributed by atoms with Crippen molar-refractivity contribution in [3.05, 3.63) is 59.4 Å². The highest BCUT2D eigenvalue weighted by atomic mass is 19.1. The number of amides is 1. The van der Waals surface area contributed by atoms with Gasteiger partial charge in [-0.25, -0.2) is 17.6 Å². The molecule has 4 heterocycles. The second-order valence-corrected chi connectivity index (χ2v) is 12.1. The fraction of sp³-hybridized carbons (Fsp3) is 0.469. The van der Waals surface area contributed by atoms with Crippen molar-refractivity contribution < 1.29 is 27.1 Å². The standard InChI is InChI=1S/C32H33F4N5O2/c1-17(33)31(42)40-11-10-25-26(40)15-41(25)30-23-13-24(35)27(22-9-5-7-18-6-3-4-8-21(18)22)28(36)29(23)37-32(38-30)43-16-20-12-19(34)14-39(20)2/h5,7,9,13,19-20,25-26H,1,3-4,6,8,10-12,14-16H2,2H3/t19-,20+,25?,26-/m1/s1. The number of aromatic nitrogens is 2. The molecule has 4 atom stereocenters. The highest BCUT2D eigenvalue weighted by Crippen LogP contribution is 2.43. The van der Waals surface area contributed by atoms with Gasteiger partial charge in [0.2, 0.25) is 0 Å². The number of likely N-dealkylation sites (N-methyl/N-ethyl adjacent to an activating group) is 1. The molecule has 1 aliphatic carbocycles. The lowest BCUT2D eigenvalue weighted by Crippen LogP contribution is -2.63. The molecule has 0 bridgehead atoms. The molecule has 1 unspecified atom stereocenters. The second-order valence-electron chi connectivity index (χ2n) is 12.1. The van der Waals surface area contributed by atoms with Gasteiger partial charge in [0.05, 0.1) is 17.6 Å². The summed E-state index contributed by atoms with van der Waals surface area (Å²) in [5.41, 5.74) is 2.39. The van der Waals surface area contributed by atoms with Crippen LogP contribution in [-0.2, 0) is 17.6 Å². The minimum Gasteiger partial charge on any atom is -0.462 e. The van der Waals surface area contributed by atoms with E-state index in [1.807, 2.05) is 29.0 Å². The van der Waals surface area contributed by atoms with E-state index in [2.05, 4.69) is 16.5 Å². The number of ether oxygens (including phenoxy) is 1. The van der Waals surface area contributed by atoms with Crippen molar-refractivity contribution >= 4 is 22.6 Å². The normalized spacial score (nSPS) is 25.0. The molecule has 3 aromatic rings. The van der Waals surface area contributed by atoms with Crippen molar-refractivity contribution in [2.75, 3.05) is 38.2 Å². The van der Waals surface area contributed by atoms with E-state index in [9.17, 15) is 13.6 Å². The lowest BCUT2D eigenvalue weighted by Gasteiger charge is -2.47. The first-order valence-corrected chi connectivity index (χ1v) is 14.9. The van der Waals surface area contributed by atoms with E-state index in [4.69, 9.17) is 4.74 Å². The Morgan fingerprint density at radius 1 is 1.14 bits per heavy atom. The predicted molar refractivity (Wildman–Crippen MR) is 154 cm³/mol. The number of hydrogen-bond acceptors (Lipinski definition) is 6. The monoisotopic (exact) mass is 595 g/mol. The van der Waals surface area contributed by atoms with Crippen molar-refractivity contribution in [3.8, 4) is 17.1 Å². The Morgan fingerprint density at radius 3 is 2.72 bits per heavy atom. The van der Waals surface area contributed by atoms with Crippen LogP contribution in [0.4, 0.5) is 23.4 Å². The van der Waals surface area contributed by atoms with E-state index in [-0.39, 0.29) is 53.0 Å². The Morgan fingerprint density at radius 2 is 1.95 bits per heavy atom. The zero-order chi connectivity index (χ0) is 30.0. The van der Waals surface area contributed by atoms with Crippen molar-refractivity contribution in [2.24, 2.45) is 0 Å². The van der Waals surface area contributed by atoms with Gasteiger partial charge in [-0.15, -0.1) is 0 Å². The highest BCUT2D eigenvalue weighted by molar-refractivity contribution is 5.95. The zero-order valence-corrected chi connectivity index (χ0v) is 24.0. The lowest BCUT2D eigenvalue weighted by atomic mass is 9.85. The van der Waals surface area contributed by atoms with E-state index in [0.29, 0.717) is 38.0 Å². The van der Waals surface area contributed by atoms with Crippen molar-refractivity contribution in [1.82, 2.24) is 19.8 Å². The number of aryl methyl sites for hydroxylation is 1. The fourth-order valence-electron chi connectivity index (χ4n) is 7.35. The lowest BCUT2D eigenvalue weighted by molar-refractivity contribution is -0.130. The third kappa shape index (κ3) is 4.72. The van der Waals surface area contributed by atoms with Crippen LogP contribution in [0.25, 0.3) is 22.0 Å². The van der Waals surface area contributed by atoms with Gasteiger partial charge >= 0.3 is 6.01 Å². The molecule has 7 nitrogen and oxygen atoms in total. The minimum absolute atomic E-state index is 0.0699. The number of carbonyl (C=O) groups is 1. The van der Waals surface area contributed by atoms with Crippen molar-refractivity contribution in [3.63, 3.8) is 0 Å². The summed E-state index contributed by atoms with van der Waals surface area (Å²) in [6.45, 7) is 4.19. The third-order valence-corrected chi connectivity index (χ3v) is 9.61. The zero-order valence-electron chi connectivity index (χ0n) is 24.0. The smallest absolute Gasteiger partial charge is 0.319 e. The van der Waals surface area contributed by atoms with Crippen LogP contribution in [0.3, 0.4) is 0 Å². The average Bonchev–Trinajstić information content (AvgIpc) is 3.48. The summed E-state index contributed by atoms with van der Waals surface area (Å²) in [6.07, 6.45) is 3.48. The number of fused-ring (bicyclic) bond motifs is 3. The molecular formula is C32H33F4N5O2. The maximum atomic E-state index is 16.5. The summed E-state index contributed by atoms with van der Waals surface area (Å²) in [5, 5.41) is 0.191. The summed E-state index contributed by atoms with van der Waals surface area (Å²) in [4.78, 5) is 26.5. The van der Waals surface area contributed by atoms with Gasteiger partial charge in [-0.05, 0) is 68.3 Å². The van der Waals surface area contributed by atoms with Gasteiger partial charge < -0.3 is 14.5 Å². The van der Waals surface area contributed by atoms with Crippen molar-refractivity contribution in [2.45, 2.75) is 62.8 Å². The Balaban J connectivity index is 1.30. The average molecular weight is 596 g/mol. The summed E-state index contributed by atoms with van der Waals surface area (Å²) in [5.74, 6) is -2.98. The van der Waals surface area contributed by atoms with Crippen LogP contribution in [0.15, 0.2) is 36.7 Å². The largest absolute Gasteiger partial charge is 0.462 e. The maximum Gasteiger partial charge on any atom is 0.319 e. The van der Waals surface area contributed by atoms with Crippen LogP contribution < -0.4 is 9.64 Å². The highest BCUT2D eigenvalue weighted by Gasteiger charge is 2.50. The predicted octanol–water partition coefficient (Wildman–Crippen LogP) is 5.15. The van der Waals surface area contributed by atoms with Crippen LogP contribution >= 0.6 is 0 Å². The fourth-order valence-corrected chi connectivity index (χ4v) is 7.35. The van der Waals surface area contributed by atoms with Crippen LogP contribution in [0.1, 0.15) is 36.8 Å². The van der Waals surface area contributed by atoms with Gasteiger partial charge in [0.1, 0.15) is 29.9 Å². The molecule has 0 spiro atoms. The van der Waals surface area contributed by atoms with Crippen LogP contribution in [-0.4, -0.2) is 83.3 Å². The Kier molecular flexibility index (Phi) is 7.03. The molecule has 43 heavy (non-hydrogen) atoms. The number of benzene rings is 2. The van der Waals surface area contributed by atoms with E-state index in [1.165, 1.54) is 11.0 Å². The number of rotatable bonds is 6. The van der Waals surface area contributed by atoms with E-state index in [0.717, 1.165) is 36.8 Å². The van der Waals surface area contributed by atoms with Crippen molar-refractivity contribution in [1.29, 1.82) is 0 Å². The molecule has 1 aromatic heterocycles. The van der Waals surface area contributed by atoms with Gasteiger partial charge in [0.15, 0.2) is 11.6 Å². The number of nitrogens with zero attached hydrogens (tertiary/aromatic N) is 5. The first-order chi connectivity index (χ1) is 20.7. The first kappa shape index (κ1) is 28.1. The van der Waals surface area contributed by atoms with Crippen LogP contribution in [0.5, 0.6) is 6.01 Å². The summed E-state index contributed by atoms with van der Waals surface area (Å²) >= 11 is 0. The molecule has 11 heteroatoms. The molecule has 0 N–H and O–H groups in total. The van der Waals surface area contributed by atoms with Gasteiger partial charge in [0.25, 0.3) is 5.91 Å². The van der Waals surface area contributed by atoms with E-state index in [1.54, 1.807) is 6.07 Å². The van der Waals surface area contributed by atoms with Gasteiger partial charge in [-0.1, -0.05) is 24.8 Å². The van der Waals surface area contributed by atoms with Gasteiger partial charge in [-0.3, -0.25) is 9.69 Å². The summed E-state index contributed by atoms with van der Waals surface area (Å²) in [7, 11) is 1.81. The molecule has 2 aromatic carbocycles. The van der Waals surface area contributed by atoms with E-state index >= 15 is 8.78 Å². The molecule has 3 saturated heterocycles. The summed E-state index contributed by atoms with van der Waals surface area (Å²) in [6, 6.07) is 6.11. The molecule has 4 aliphatic rings. The molecule has 0 saturated carbocycles. The minimum atomic E-state index is -1.02. The molecule has 1 amide bonds. The number of likely N-dealkylation sites (tertiary alicyclic amines) is 2. The topological polar surface area (TPSA) is 61.8 Å². The third-order valence-electron chi connectivity index (χ3n) is 9.61. The molecule has 7 rings (SSSR count). The molecule has 3 aliphatic heterocycles. The second kappa shape index (κ2) is 10.8. The molecule has 226 valence electrons. The first-order valence-electron chi connectivity index (χ1n) is 14.9. The number of anilines is 1. The molecule has 0 radical (unpaired) electrons. The number of carbonyl (C=O) groups excluding carboxylic acids is 1. The summed E-state index contributed by atoms with van der Waals surface area (Å²) < 4.78 is 66.1. The molecular weight excluding hydrogens is 562 g/mol. The van der Waals surface area contributed by atoms with Gasteiger partial charge in [0, 0.05) is 31.1 Å². The number of halogens is 4. The maximum absolute atomic E-state index is 16.5. The number of alkyl halides is 1. The Hall–Kier alpha value is -3.73. The van der Waals surface area contributed by atoms with Crippen LogP contribution in [0.2, 0.25) is 0 Å².